The molecule has 0 radical (unpaired) electrons. The highest BCUT2D eigenvalue weighted by Gasteiger charge is 2.17. The van der Waals surface area contributed by atoms with Crippen LogP contribution in [-0.2, 0) is 9.47 Å². The molecule has 0 bridgehead atoms. The van der Waals surface area contributed by atoms with Gasteiger partial charge >= 0.3 is 0 Å². The van der Waals surface area contributed by atoms with Crippen LogP contribution in [0.5, 0.6) is 0 Å². The second-order valence-electron chi connectivity index (χ2n) is 2.99. The Morgan fingerprint density at radius 2 is 1.79 bits per heavy atom. The van der Waals surface area contributed by atoms with Crippen molar-refractivity contribution in [3.63, 3.8) is 0 Å². The standard InChI is InChI=1S/C6H13NO.C3H8O.C2H6/c1-7-4-3-6(5-7)8-2;1-3-4-2;1-2/h6H,3-5H2,1-2H3;3H2,1-2H3;1-2H3/t6-;;/m1../s1. The molecule has 1 saturated heterocycles. The summed E-state index contributed by atoms with van der Waals surface area (Å²) in [6, 6.07) is 0. The van der Waals surface area contributed by atoms with Crippen LogP contribution in [0.2, 0.25) is 0 Å². The van der Waals surface area contributed by atoms with E-state index in [0.29, 0.717) is 6.10 Å². The maximum atomic E-state index is 5.14. The van der Waals surface area contributed by atoms with Crippen LogP contribution in [0.4, 0.5) is 0 Å². The third-order valence-corrected chi connectivity index (χ3v) is 1.97. The molecular formula is C11H27NO2. The number of methoxy groups -OCH3 is 2. The first-order valence-corrected chi connectivity index (χ1v) is 5.44. The number of likely N-dealkylation sites (tertiary alicyclic amines) is 1. The molecule has 0 unspecified atom stereocenters. The van der Waals surface area contributed by atoms with E-state index in [4.69, 9.17) is 4.74 Å². The number of hydrogen-bond donors (Lipinski definition) is 0. The molecule has 1 rings (SSSR count). The fourth-order valence-electron chi connectivity index (χ4n) is 1.09. The van der Waals surface area contributed by atoms with Crippen molar-refractivity contribution in [2.75, 3.05) is 41.0 Å². The Morgan fingerprint density at radius 1 is 1.29 bits per heavy atom. The highest BCUT2D eigenvalue weighted by atomic mass is 16.5. The quantitative estimate of drug-likeness (QED) is 0.688. The van der Waals surface area contributed by atoms with Gasteiger partial charge in [-0.15, -0.1) is 0 Å². The lowest BCUT2D eigenvalue weighted by molar-refractivity contribution is 0.111. The van der Waals surface area contributed by atoms with E-state index in [-0.39, 0.29) is 0 Å². The highest BCUT2D eigenvalue weighted by Crippen LogP contribution is 2.07. The van der Waals surface area contributed by atoms with Crippen LogP contribution in [0.3, 0.4) is 0 Å². The molecular weight excluding hydrogens is 178 g/mol. The van der Waals surface area contributed by atoms with Gasteiger partial charge in [-0.2, -0.15) is 0 Å². The molecule has 0 saturated carbocycles. The van der Waals surface area contributed by atoms with E-state index in [0.717, 1.165) is 13.2 Å². The van der Waals surface area contributed by atoms with Crippen LogP contribution < -0.4 is 0 Å². The Labute approximate surface area is 89.4 Å². The molecule has 1 aliphatic rings. The molecule has 3 heteroatoms. The fraction of sp³-hybridized carbons (Fsp3) is 1.00. The second kappa shape index (κ2) is 12.9. The topological polar surface area (TPSA) is 21.7 Å². The first kappa shape index (κ1) is 16.3. The average Bonchev–Trinajstić information content (AvgIpc) is 2.67. The molecule has 0 aromatic carbocycles. The van der Waals surface area contributed by atoms with Gasteiger partial charge in [-0.25, -0.2) is 0 Å². The molecule has 1 aliphatic heterocycles. The summed E-state index contributed by atoms with van der Waals surface area (Å²) in [6.07, 6.45) is 1.70. The summed E-state index contributed by atoms with van der Waals surface area (Å²) < 4.78 is 9.68. The van der Waals surface area contributed by atoms with Crippen LogP contribution in [0, 0.1) is 0 Å². The molecule has 0 aliphatic carbocycles. The fourth-order valence-corrected chi connectivity index (χ4v) is 1.09. The Morgan fingerprint density at radius 3 is 1.93 bits per heavy atom. The zero-order chi connectivity index (χ0) is 11.4. The van der Waals surface area contributed by atoms with Crippen LogP contribution in [-0.4, -0.2) is 52.0 Å². The predicted molar refractivity (Wildman–Crippen MR) is 61.8 cm³/mol. The first-order valence-electron chi connectivity index (χ1n) is 5.44. The molecule has 14 heavy (non-hydrogen) atoms. The molecule has 1 atom stereocenters. The third-order valence-electron chi connectivity index (χ3n) is 1.97. The molecule has 88 valence electrons. The van der Waals surface area contributed by atoms with Crippen molar-refractivity contribution in [1.82, 2.24) is 4.90 Å². The van der Waals surface area contributed by atoms with E-state index < -0.39 is 0 Å². The lowest BCUT2D eigenvalue weighted by Gasteiger charge is -2.06. The normalized spacial score (nSPS) is 20.6. The van der Waals surface area contributed by atoms with Crippen molar-refractivity contribution in [3.8, 4) is 0 Å². The number of ether oxygens (including phenoxy) is 2. The number of likely N-dealkylation sites (N-methyl/N-ethyl adjacent to an activating group) is 1. The summed E-state index contributed by atoms with van der Waals surface area (Å²) >= 11 is 0. The van der Waals surface area contributed by atoms with Gasteiger partial charge in [-0.3, -0.25) is 0 Å². The van der Waals surface area contributed by atoms with Crippen molar-refractivity contribution >= 4 is 0 Å². The third kappa shape index (κ3) is 9.96. The smallest absolute Gasteiger partial charge is 0.0710 e. The van der Waals surface area contributed by atoms with E-state index in [1.807, 2.05) is 20.8 Å². The molecule has 1 fully saturated rings. The molecule has 0 N–H and O–H groups in total. The van der Waals surface area contributed by atoms with Crippen LogP contribution in [0.25, 0.3) is 0 Å². The summed E-state index contributed by atoms with van der Waals surface area (Å²) in [4.78, 5) is 2.29. The van der Waals surface area contributed by atoms with E-state index in [1.165, 1.54) is 13.0 Å². The van der Waals surface area contributed by atoms with Gasteiger partial charge in [0.1, 0.15) is 0 Å². The van der Waals surface area contributed by atoms with Crippen LogP contribution in [0.1, 0.15) is 27.2 Å². The summed E-state index contributed by atoms with van der Waals surface area (Å²) in [5.41, 5.74) is 0. The minimum Gasteiger partial charge on any atom is -0.385 e. The summed E-state index contributed by atoms with van der Waals surface area (Å²) in [5, 5.41) is 0. The van der Waals surface area contributed by atoms with Gasteiger partial charge in [-0.1, -0.05) is 13.8 Å². The predicted octanol–water partition coefficient (Wildman–Crippen LogP) is 2.02. The number of nitrogens with zero attached hydrogens (tertiary/aromatic N) is 1. The van der Waals surface area contributed by atoms with Crippen LogP contribution >= 0.6 is 0 Å². The number of rotatable bonds is 2. The van der Waals surface area contributed by atoms with Crippen molar-refractivity contribution < 1.29 is 9.47 Å². The lowest BCUT2D eigenvalue weighted by atomic mass is 10.3. The minimum absolute atomic E-state index is 0.500. The Bertz CT molecular complexity index is 97.3. The maximum absolute atomic E-state index is 5.14. The summed E-state index contributed by atoms with van der Waals surface area (Å²) in [6.45, 7) is 9.08. The van der Waals surface area contributed by atoms with Crippen molar-refractivity contribution in [1.29, 1.82) is 0 Å². The molecule has 0 aromatic rings. The van der Waals surface area contributed by atoms with Gasteiger partial charge in [0.15, 0.2) is 0 Å². The molecule has 0 amide bonds. The summed E-state index contributed by atoms with van der Waals surface area (Å²) in [7, 11) is 5.59. The largest absolute Gasteiger partial charge is 0.385 e. The zero-order valence-electron chi connectivity index (χ0n) is 10.7. The second-order valence-corrected chi connectivity index (χ2v) is 2.99. The van der Waals surface area contributed by atoms with Gasteiger partial charge in [0, 0.05) is 33.9 Å². The Kier molecular flexibility index (Phi) is 15.0. The van der Waals surface area contributed by atoms with Gasteiger partial charge in [0.25, 0.3) is 0 Å². The summed E-state index contributed by atoms with van der Waals surface area (Å²) in [5.74, 6) is 0. The molecule has 3 nitrogen and oxygen atoms in total. The molecule has 1 heterocycles. The minimum atomic E-state index is 0.500. The van der Waals surface area contributed by atoms with E-state index in [9.17, 15) is 0 Å². The number of hydrogen-bond acceptors (Lipinski definition) is 3. The average molecular weight is 205 g/mol. The molecule has 0 spiro atoms. The lowest BCUT2D eigenvalue weighted by Crippen LogP contribution is -2.17. The van der Waals surface area contributed by atoms with Crippen molar-refractivity contribution in [2.24, 2.45) is 0 Å². The van der Waals surface area contributed by atoms with Crippen molar-refractivity contribution in [3.05, 3.63) is 0 Å². The van der Waals surface area contributed by atoms with Gasteiger partial charge in [0.2, 0.25) is 0 Å². The Hall–Kier alpha value is -0.120. The van der Waals surface area contributed by atoms with E-state index in [2.05, 4.69) is 16.7 Å². The first-order chi connectivity index (χ1) is 6.74. The Balaban J connectivity index is 0. The van der Waals surface area contributed by atoms with Gasteiger partial charge in [0.05, 0.1) is 6.10 Å². The van der Waals surface area contributed by atoms with E-state index >= 15 is 0 Å². The monoisotopic (exact) mass is 205 g/mol. The maximum Gasteiger partial charge on any atom is 0.0710 e. The molecule has 0 aromatic heterocycles. The van der Waals surface area contributed by atoms with Crippen LogP contribution in [0.15, 0.2) is 0 Å². The van der Waals surface area contributed by atoms with Crippen molar-refractivity contribution in [2.45, 2.75) is 33.3 Å². The van der Waals surface area contributed by atoms with E-state index in [1.54, 1.807) is 14.2 Å². The van der Waals surface area contributed by atoms with Gasteiger partial charge in [-0.05, 0) is 20.4 Å². The SMILES string of the molecule is CC.CCOC.CO[C@@H]1CCN(C)C1. The van der Waals surface area contributed by atoms with Gasteiger partial charge < -0.3 is 14.4 Å². The highest BCUT2D eigenvalue weighted by molar-refractivity contribution is 4.71. The zero-order valence-corrected chi connectivity index (χ0v) is 10.7.